The van der Waals surface area contributed by atoms with Crippen molar-refractivity contribution in [2.75, 3.05) is 22.8 Å². The summed E-state index contributed by atoms with van der Waals surface area (Å²) in [5, 5.41) is 9.37. The molecule has 31 heavy (non-hydrogen) atoms. The van der Waals surface area contributed by atoms with Crippen LogP contribution in [0.15, 0.2) is 18.5 Å². The van der Waals surface area contributed by atoms with Crippen LogP contribution in [0.5, 0.6) is 0 Å². The minimum atomic E-state index is -4.15. The maximum atomic E-state index is 13.1. The minimum absolute atomic E-state index is 0.123. The van der Waals surface area contributed by atoms with Crippen LogP contribution in [0.1, 0.15) is 47.9 Å². The van der Waals surface area contributed by atoms with E-state index < -0.39 is 16.2 Å². The van der Waals surface area contributed by atoms with Crippen LogP contribution in [0.3, 0.4) is 0 Å². The van der Waals surface area contributed by atoms with Crippen molar-refractivity contribution in [2.24, 2.45) is 0 Å². The number of fused-ring (bicyclic) bond motifs is 2. The molecule has 2 aliphatic carbocycles. The third-order valence-electron chi connectivity index (χ3n) is 6.39. The Balaban J connectivity index is 1.37. The van der Waals surface area contributed by atoms with Crippen LogP contribution in [0, 0.1) is 0 Å². The van der Waals surface area contributed by atoms with Crippen LogP contribution in [0.2, 0.25) is 0 Å². The van der Waals surface area contributed by atoms with E-state index in [1.165, 1.54) is 23.5 Å². The summed E-state index contributed by atoms with van der Waals surface area (Å²) in [6, 6.07) is 1.53. The summed E-state index contributed by atoms with van der Waals surface area (Å²) >= 11 is 0. The van der Waals surface area contributed by atoms with Gasteiger partial charge >= 0.3 is 16.2 Å². The topological polar surface area (TPSA) is 116 Å². The highest BCUT2D eigenvalue weighted by atomic mass is 32.2. The van der Waals surface area contributed by atoms with Gasteiger partial charge < -0.3 is 10.1 Å². The summed E-state index contributed by atoms with van der Waals surface area (Å²) in [6.45, 7) is 0.736. The summed E-state index contributed by atoms with van der Waals surface area (Å²) in [4.78, 5) is 12.9. The maximum absolute atomic E-state index is 13.1. The molecule has 2 aromatic rings. The number of carbonyl (C=O) groups is 1. The second-order valence-corrected chi connectivity index (χ2v) is 10.0. The number of rotatable bonds is 6. The van der Waals surface area contributed by atoms with E-state index in [0.717, 1.165) is 72.5 Å². The van der Waals surface area contributed by atoms with Gasteiger partial charge in [0.05, 0.1) is 24.5 Å². The third kappa shape index (κ3) is 4.01. The van der Waals surface area contributed by atoms with Gasteiger partial charge in [-0.2, -0.15) is 13.5 Å². The van der Waals surface area contributed by atoms with Crippen molar-refractivity contribution in [3.8, 4) is 0 Å². The molecule has 1 aliphatic heterocycles. The molecule has 3 N–H and O–H groups in total. The summed E-state index contributed by atoms with van der Waals surface area (Å²) in [6.07, 6.45) is 10.3. The average molecular weight is 446 g/mol. The lowest BCUT2D eigenvalue weighted by molar-refractivity contribution is 0.118. The zero-order chi connectivity index (χ0) is 21.4. The number of aryl methyl sites for hydroxylation is 2. The fourth-order valence-corrected chi connectivity index (χ4v) is 6.11. The van der Waals surface area contributed by atoms with Gasteiger partial charge in [0.15, 0.2) is 0 Å². The van der Waals surface area contributed by atoms with Gasteiger partial charge in [-0.1, -0.05) is 6.07 Å². The number of nitrogens with zero attached hydrogens (tertiary/aromatic N) is 2. The standard InChI is InChI=1S/C21H27N5O4S/c27-21(24-20-18-7-1-4-14(18)10-15-5-2-8-19(15)20)25-31(28,29)26(16-11-22-23-12-16)13-17-6-3-9-30-17/h10-12,17H,1-9,13H2,(H,22,23)(H2,24,25,27)/t17-/m1/s1. The van der Waals surface area contributed by atoms with Crippen molar-refractivity contribution in [1.29, 1.82) is 0 Å². The Morgan fingerprint density at radius 3 is 2.52 bits per heavy atom. The number of urea groups is 1. The fraction of sp³-hybridized carbons (Fsp3) is 0.524. The highest BCUT2D eigenvalue weighted by molar-refractivity contribution is 7.91. The number of aromatic nitrogens is 2. The maximum Gasteiger partial charge on any atom is 0.334 e. The van der Waals surface area contributed by atoms with E-state index in [9.17, 15) is 13.2 Å². The molecule has 1 fully saturated rings. The van der Waals surface area contributed by atoms with Crippen molar-refractivity contribution >= 4 is 27.6 Å². The molecule has 0 saturated carbocycles. The number of hydrogen-bond acceptors (Lipinski definition) is 5. The number of ether oxygens (including phenoxy) is 1. The quantitative estimate of drug-likeness (QED) is 0.632. The van der Waals surface area contributed by atoms with Crippen LogP contribution >= 0.6 is 0 Å². The summed E-state index contributed by atoms with van der Waals surface area (Å²) in [7, 11) is -4.15. The van der Waals surface area contributed by atoms with Gasteiger partial charge in [0.1, 0.15) is 0 Å². The number of anilines is 2. The Bertz CT molecular complexity index is 1050. The van der Waals surface area contributed by atoms with Crippen molar-refractivity contribution in [3.05, 3.63) is 40.7 Å². The summed E-state index contributed by atoms with van der Waals surface area (Å²) in [5.74, 6) is 0. The summed E-state index contributed by atoms with van der Waals surface area (Å²) < 4.78 is 35.2. The normalized spacial score (nSPS) is 19.8. The second kappa shape index (κ2) is 8.16. The number of amides is 2. The predicted octanol–water partition coefficient (Wildman–Crippen LogP) is 2.44. The first-order valence-electron chi connectivity index (χ1n) is 10.9. The van der Waals surface area contributed by atoms with E-state index in [2.05, 4.69) is 26.3 Å². The van der Waals surface area contributed by atoms with E-state index in [0.29, 0.717) is 12.3 Å². The van der Waals surface area contributed by atoms with Gasteiger partial charge in [-0.05, 0) is 73.6 Å². The Kier molecular flexibility index (Phi) is 5.35. The third-order valence-corrected chi connectivity index (χ3v) is 7.77. The van der Waals surface area contributed by atoms with E-state index in [1.54, 1.807) is 0 Å². The molecule has 0 bridgehead atoms. The van der Waals surface area contributed by atoms with Gasteiger partial charge in [-0.25, -0.2) is 13.8 Å². The highest BCUT2D eigenvalue weighted by Crippen LogP contribution is 2.38. The van der Waals surface area contributed by atoms with E-state index >= 15 is 0 Å². The Morgan fingerprint density at radius 2 is 1.90 bits per heavy atom. The molecule has 2 amide bonds. The van der Waals surface area contributed by atoms with Crippen molar-refractivity contribution in [3.63, 3.8) is 0 Å². The first-order valence-corrected chi connectivity index (χ1v) is 12.3. The molecule has 0 unspecified atom stereocenters. The van der Waals surface area contributed by atoms with Gasteiger partial charge in [0.25, 0.3) is 0 Å². The molecule has 1 saturated heterocycles. The Labute approximate surface area is 181 Å². The lowest BCUT2D eigenvalue weighted by Gasteiger charge is -2.25. The van der Waals surface area contributed by atoms with Crippen LogP contribution in [-0.4, -0.2) is 43.9 Å². The second-order valence-electron chi connectivity index (χ2n) is 8.42. The van der Waals surface area contributed by atoms with Gasteiger partial charge in [0.2, 0.25) is 0 Å². The Morgan fingerprint density at radius 1 is 1.16 bits per heavy atom. The molecule has 5 rings (SSSR count). The zero-order valence-electron chi connectivity index (χ0n) is 17.3. The molecule has 3 aliphatic rings. The van der Waals surface area contributed by atoms with E-state index in [-0.39, 0.29) is 12.6 Å². The molecule has 166 valence electrons. The Hall–Kier alpha value is -2.59. The molecule has 9 nitrogen and oxygen atoms in total. The summed E-state index contributed by atoms with van der Waals surface area (Å²) in [5.41, 5.74) is 6.02. The van der Waals surface area contributed by atoms with Crippen LogP contribution < -0.4 is 14.3 Å². The van der Waals surface area contributed by atoms with Crippen LogP contribution in [0.4, 0.5) is 16.2 Å². The monoisotopic (exact) mass is 445 g/mol. The number of aromatic amines is 1. The molecule has 10 heteroatoms. The number of carbonyl (C=O) groups excluding carboxylic acids is 1. The van der Waals surface area contributed by atoms with Crippen molar-refractivity contribution < 1.29 is 17.9 Å². The smallest absolute Gasteiger partial charge is 0.334 e. The first kappa shape index (κ1) is 20.3. The average Bonchev–Trinajstić information content (AvgIpc) is 3.53. The van der Waals surface area contributed by atoms with Crippen molar-refractivity contribution in [2.45, 2.75) is 57.5 Å². The predicted molar refractivity (Wildman–Crippen MR) is 116 cm³/mol. The molecular weight excluding hydrogens is 418 g/mol. The van der Waals surface area contributed by atoms with Gasteiger partial charge in [-0.3, -0.25) is 5.10 Å². The number of benzene rings is 1. The molecular formula is C21H27N5O4S. The highest BCUT2D eigenvalue weighted by Gasteiger charge is 2.31. The molecule has 1 atom stereocenters. The van der Waals surface area contributed by atoms with Crippen LogP contribution in [0.25, 0.3) is 0 Å². The van der Waals surface area contributed by atoms with E-state index in [1.807, 2.05) is 0 Å². The number of nitrogens with one attached hydrogen (secondary N) is 3. The molecule has 0 radical (unpaired) electrons. The van der Waals surface area contributed by atoms with E-state index in [4.69, 9.17) is 4.74 Å². The molecule has 2 heterocycles. The van der Waals surface area contributed by atoms with Gasteiger partial charge in [0, 0.05) is 18.5 Å². The minimum Gasteiger partial charge on any atom is -0.376 e. The molecule has 0 spiro atoms. The van der Waals surface area contributed by atoms with Crippen LogP contribution in [-0.2, 0) is 40.6 Å². The number of H-pyrrole nitrogens is 1. The van der Waals surface area contributed by atoms with Gasteiger partial charge in [-0.15, -0.1) is 0 Å². The van der Waals surface area contributed by atoms with Crippen molar-refractivity contribution in [1.82, 2.24) is 14.9 Å². The SMILES string of the molecule is O=C(Nc1c2c(cc3c1CCC3)CCC2)NS(=O)(=O)N(C[C@H]1CCCO1)c1cn[nH]c1. The first-order chi connectivity index (χ1) is 15.0. The zero-order valence-corrected chi connectivity index (χ0v) is 18.1. The fourth-order valence-electron chi connectivity index (χ4n) is 4.97. The lowest BCUT2D eigenvalue weighted by Crippen LogP contribution is -2.47. The molecule has 1 aromatic carbocycles. The lowest BCUT2D eigenvalue weighted by atomic mass is 9.99. The largest absolute Gasteiger partial charge is 0.376 e. The molecule has 1 aromatic heterocycles. The number of hydrogen-bond donors (Lipinski definition) is 3.